The zero-order chi connectivity index (χ0) is 20.2. The molecule has 0 spiro atoms. The van der Waals surface area contributed by atoms with Crippen molar-refractivity contribution in [1.29, 1.82) is 0 Å². The van der Waals surface area contributed by atoms with Gasteiger partial charge in [0.25, 0.3) is 0 Å². The lowest BCUT2D eigenvalue weighted by Crippen LogP contribution is -2.40. The van der Waals surface area contributed by atoms with Crippen molar-refractivity contribution in [3.05, 3.63) is 47.8 Å². The minimum absolute atomic E-state index is 0.155. The lowest BCUT2D eigenvalue weighted by Gasteiger charge is -2.30. The van der Waals surface area contributed by atoms with Crippen molar-refractivity contribution in [1.82, 2.24) is 9.78 Å². The minimum Gasteiger partial charge on any atom is -0.487 e. The van der Waals surface area contributed by atoms with Gasteiger partial charge >= 0.3 is 12.1 Å². The first kappa shape index (κ1) is 20.8. The molecule has 1 atom stereocenters. The molecule has 0 saturated carbocycles. The molecular formula is C18H21F3N2O4. The smallest absolute Gasteiger partial charge is 0.408 e. The van der Waals surface area contributed by atoms with Crippen LogP contribution in [0.15, 0.2) is 36.5 Å². The number of para-hydroxylation sites is 1. The second-order valence-corrected chi connectivity index (χ2v) is 6.53. The fourth-order valence-corrected chi connectivity index (χ4v) is 2.62. The maximum atomic E-state index is 12.6. The number of benzene rings is 1. The predicted octanol–water partition coefficient (Wildman–Crippen LogP) is 2.84. The molecule has 0 aliphatic rings. The summed E-state index contributed by atoms with van der Waals surface area (Å²) in [5.74, 6) is -0.455. The van der Waals surface area contributed by atoms with Gasteiger partial charge in [-0.15, -0.1) is 0 Å². The lowest BCUT2D eigenvalue weighted by molar-refractivity contribution is -0.153. The topological polar surface area (TPSA) is 73.6 Å². The van der Waals surface area contributed by atoms with E-state index in [1.807, 2.05) is 0 Å². The zero-order valence-corrected chi connectivity index (χ0v) is 15.2. The van der Waals surface area contributed by atoms with Gasteiger partial charge in [0, 0.05) is 17.2 Å². The molecular weight excluding hydrogens is 365 g/mol. The van der Waals surface area contributed by atoms with E-state index in [0.29, 0.717) is 11.3 Å². The monoisotopic (exact) mass is 386 g/mol. The number of carbonyl (C=O) groups is 1. The molecule has 1 aromatic carbocycles. The molecule has 0 unspecified atom stereocenters. The number of carbonyl (C=O) groups excluding carboxylic acids is 1. The molecule has 0 bridgehead atoms. The summed E-state index contributed by atoms with van der Waals surface area (Å²) in [6.07, 6.45) is -4.57. The van der Waals surface area contributed by atoms with E-state index in [9.17, 15) is 23.1 Å². The molecule has 2 rings (SSSR count). The Bertz CT molecular complexity index is 787. The van der Waals surface area contributed by atoms with Crippen LogP contribution < -0.4 is 4.74 Å². The Morgan fingerprint density at radius 2 is 1.93 bits per heavy atom. The largest absolute Gasteiger partial charge is 0.487 e. The van der Waals surface area contributed by atoms with Gasteiger partial charge in [-0.1, -0.05) is 32.0 Å². The van der Waals surface area contributed by atoms with Gasteiger partial charge in [-0.3, -0.25) is 4.68 Å². The number of hydrogen-bond acceptors (Lipinski definition) is 5. The third-order valence-corrected chi connectivity index (χ3v) is 4.20. The molecule has 0 fully saturated rings. The first-order chi connectivity index (χ1) is 12.6. The van der Waals surface area contributed by atoms with Crippen molar-refractivity contribution in [3.8, 4) is 5.75 Å². The van der Waals surface area contributed by atoms with Gasteiger partial charge in [-0.05, 0) is 12.1 Å². The van der Waals surface area contributed by atoms with E-state index < -0.39 is 30.2 Å². The Kier molecular flexibility index (Phi) is 6.15. The van der Waals surface area contributed by atoms with E-state index in [-0.39, 0.29) is 12.3 Å². The molecule has 148 valence electrons. The predicted molar refractivity (Wildman–Crippen MR) is 90.1 cm³/mol. The standard InChI is InChI=1S/C18H21F3N2O4/c1-17(2,15(24)16(25)26-3)13-6-4-5-7-14(13)27-10-12-8-9-22-23(12)11-18(19,20)21/h4-9,15,24H,10-11H2,1-3H3/t15-/m1/s1. The first-order valence-corrected chi connectivity index (χ1v) is 8.12. The highest BCUT2D eigenvalue weighted by Crippen LogP contribution is 2.35. The summed E-state index contributed by atoms with van der Waals surface area (Å²) in [4.78, 5) is 11.7. The van der Waals surface area contributed by atoms with Gasteiger partial charge in [0.2, 0.25) is 0 Å². The molecule has 1 N–H and O–H groups in total. The van der Waals surface area contributed by atoms with Crippen LogP contribution in [0, 0.1) is 0 Å². The van der Waals surface area contributed by atoms with Crippen molar-refractivity contribution in [2.45, 2.75) is 44.7 Å². The lowest BCUT2D eigenvalue weighted by atomic mass is 9.79. The van der Waals surface area contributed by atoms with Crippen molar-refractivity contribution in [2.75, 3.05) is 7.11 Å². The summed E-state index contributed by atoms with van der Waals surface area (Å²) in [6.45, 7) is 1.92. The number of nitrogens with zero attached hydrogens (tertiary/aromatic N) is 2. The third-order valence-electron chi connectivity index (χ3n) is 4.20. The molecule has 1 heterocycles. The number of halogens is 3. The molecule has 0 aliphatic carbocycles. The van der Waals surface area contributed by atoms with Gasteiger partial charge in [0.05, 0.1) is 12.8 Å². The van der Waals surface area contributed by atoms with E-state index >= 15 is 0 Å². The Balaban J connectivity index is 2.23. The van der Waals surface area contributed by atoms with E-state index in [0.717, 1.165) is 4.68 Å². The van der Waals surface area contributed by atoms with Crippen LogP contribution in [-0.4, -0.2) is 40.2 Å². The summed E-state index contributed by atoms with van der Waals surface area (Å²) in [5, 5.41) is 13.9. The number of methoxy groups -OCH3 is 1. The molecule has 0 aliphatic heterocycles. The SMILES string of the molecule is COC(=O)[C@@H](O)C(C)(C)c1ccccc1OCc1ccnn1CC(F)(F)F. The Hall–Kier alpha value is -2.55. The summed E-state index contributed by atoms with van der Waals surface area (Å²) < 4.78 is 48.9. The van der Waals surface area contributed by atoms with Gasteiger partial charge in [0.1, 0.15) is 18.9 Å². The Morgan fingerprint density at radius 3 is 2.56 bits per heavy atom. The number of hydrogen-bond donors (Lipinski definition) is 1. The van der Waals surface area contributed by atoms with E-state index in [2.05, 4.69) is 9.84 Å². The number of aliphatic hydroxyl groups is 1. The van der Waals surface area contributed by atoms with E-state index in [1.54, 1.807) is 38.1 Å². The number of aromatic nitrogens is 2. The molecule has 0 radical (unpaired) electrons. The van der Waals surface area contributed by atoms with Gasteiger partial charge in [-0.2, -0.15) is 18.3 Å². The van der Waals surface area contributed by atoms with Crippen molar-refractivity contribution in [2.24, 2.45) is 0 Å². The van der Waals surface area contributed by atoms with Gasteiger partial charge in [-0.25, -0.2) is 4.79 Å². The summed E-state index contributed by atoms with van der Waals surface area (Å²) in [5.41, 5.74) is -0.283. The van der Waals surface area contributed by atoms with Crippen LogP contribution in [0.25, 0.3) is 0 Å². The molecule has 2 aromatic rings. The van der Waals surface area contributed by atoms with Crippen LogP contribution in [0.4, 0.5) is 13.2 Å². The van der Waals surface area contributed by atoms with Gasteiger partial charge < -0.3 is 14.6 Å². The minimum atomic E-state index is -4.40. The van der Waals surface area contributed by atoms with E-state index in [4.69, 9.17) is 4.74 Å². The average molecular weight is 386 g/mol. The van der Waals surface area contributed by atoms with Crippen LogP contribution in [0.2, 0.25) is 0 Å². The maximum absolute atomic E-state index is 12.6. The fourth-order valence-electron chi connectivity index (χ4n) is 2.62. The van der Waals surface area contributed by atoms with Gasteiger partial charge in [0.15, 0.2) is 6.10 Å². The van der Waals surface area contributed by atoms with Crippen LogP contribution in [0.3, 0.4) is 0 Å². The number of esters is 1. The highest BCUT2D eigenvalue weighted by molar-refractivity contribution is 5.76. The van der Waals surface area contributed by atoms with Crippen molar-refractivity contribution in [3.63, 3.8) is 0 Å². The summed E-state index contributed by atoms with van der Waals surface area (Å²) in [7, 11) is 1.17. The fraction of sp³-hybridized carbons (Fsp3) is 0.444. The summed E-state index contributed by atoms with van der Waals surface area (Å²) >= 11 is 0. The molecule has 0 amide bonds. The summed E-state index contributed by atoms with van der Waals surface area (Å²) in [6, 6.07) is 8.12. The average Bonchev–Trinajstić information content (AvgIpc) is 3.03. The second-order valence-electron chi connectivity index (χ2n) is 6.53. The molecule has 0 saturated heterocycles. The zero-order valence-electron chi connectivity index (χ0n) is 15.2. The number of aliphatic hydroxyl groups excluding tert-OH is 1. The van der Waals surface area contributed by atoms with Crippen LogP contribution in [0.1, 0.15) is 25.1 Å². The first-order valence-electron chi connectivity index (χ1n) is 8.12. The Morgan fingerprint density at radius 1 is 1.26 bits per heavy atom. The highest BCUT2D eigenvalue weighted by Gasteiger charge is 2.38. The van der Waals surface area contributed by atoms with Crippen molar-refractivity contribution >= 4 is 5.97 Å². The molecule has 27 heavy (non-hydrogen) atoms. The molecule has 9 heteroatoms. The number of rotatable bonds is 7. The highest BCUT2D eigenvalue weighted by atomic mass is 19.4. The normalized spacial score (nSPS) is 13.3. The second kappa shape index (κ2) is 7.99. The van der Waals surface area contributed by atoms with Crippen LogP contribution >= 0.6 is 0 Å². The van der Waals surface area contributed by atoms with Crippen molar-refractivity contribution < 1.29 is 32.5 Å². The third kappa shape index (κ3) is 5.00. The Labute approximate surface area is 154 Å². The number of ether oxygens (including phenoxy) is 2. The molecule has 1 aromatic heterocycles. The molecule has 6 nitrogen and oxygen atoms in total. The number of alkyl halides is 3. The maximum Gasteiger partial charge on any atom is 0.408 e. The van der Waals surface area contributed by atoms with Crippen LogP contribution in [0.5, 0.6) is 5.75 Å². The van der Waals surface area contributed by atoms with E-state index in [1.165, 1.54) is 19.4 Å². The quantitative estimate of drug-likeness (QED) is 0.741. The van der Waals surface area contributed by atoms with Crippen LogP contribution in [-0.2, 0) is 28.1 Å².